The Morgan fingerprint density at radius 2 is 1.62 bits per heavy atom. The second kappa shape index (κ2) is 8.92. The molecule has 0 bridgehead atoms. The summed E-state index contributed by atoms with van der Waals surface area (Å²) in [6.07, 6.45) is -12.2. The topological polar surface area (TPSA) is 89.9 Å². The first-order chi connectivity index (χ1) is 18.2. The smallest absolute Gasteiger partial charge is 0.358 e. The van der Waals surface area contributed by atoms with Crippen molar-refractivity contribution in [3.05, 3.63) is 71.2 Å². The number of aliphatic imine (C=N–C) groups is 2. The number of nitrogens with one attached hydrogen (secondary N) is 2. The molecule has 1 fully saturated rings. The van der Waals surface area contributed by atoms with Crippen LogP contribution in [0.3, 0.4) is 0 Å². The highest BCUT2D eigenvalue weighted by Crippen LogP contribution is 2.53. The van der Waals surface area contributed by atoms with Crippen molar-refractivity contribution in [2.45, 2.75) is 31.2 Å². The van der Waals surface area contributed by atoms with Crippen LogP contribution in [0.5, 0.6) is 0 Å². The Morgan fingerprint density at radius 1 is 0.974 bits per heavy atom. The molecule has 0 radical (unpaired) electrons. The Morgan fingerprint density at radius 3 is 2.26 bits per heavy atom. The number of rotatable bonds is 4. The molecule has 7 nitrogen and oxygen atoms in total. The van der Waals surface area contributed by atoms with Gasteiger partial charge in [-0.3, -0.25) is 15.0 Å². The minimum absolute atomic E-state index is 0.0112. The number of imide groups is 1. The highest BCUT2D eigenvalue weighted by molar-refractivity contribution is 6.23. The molecule has 39 heavy (non-hydrogen) atoms. The number of fused-ring (bicyclic) bond motifs is 2. The average molecular weight is 553 g/mol. The lowest BCUT2D eigenvalue weighted by Gasteiger charge is -2.45. The van der Waals surface area contributed by atoms with Crippen LogP contribution in [0.2, 0.25) is 0 Å². The normalized spacial score (nSPS) is 19.5. The number of aromatic amines is 1. The molecule has 2 aromatic carbocycles. The van der Waals surface area contributed by atoms with Gasteiger partial charge in [-0.05, 0) is 49.2 Å². The lowest BCUT2D eigenvalue weighted by Crippen LogP contribution is -2.73. The number of amidine groups is 2. The molecular formula is C25H18F7N5O2. The van der Waals surface area contributed by atoms with Crippen LogP contribution in [-0.4, -0.2) is 57.9 Å². The van der Waals surface area contributed by atoms with E-state index in [0.717, 1.165) is 35.2 Å². The fraction of sp³-hybridized carbons (Fsp3) is 0.280. The van der Waals surface area contributed by atoms with E-state index in [0.29, 0.717) is 16.2 Å². The molecule has 1 aromatic heterocycles. The standard InChI is InChI=1S/C25H18F7N5O2/c1-12-15(16-4-2-3-5-17(16)33-12)10-11-37-20-18(21(38)35-22(37)39)23(24(27,28)29,25(30,31)32)36-19(34-20)13-6-8-14(26)9-7-13/h2-9,18,33H,10-11H2,1H3,(H,35,38,39). The molecule has 1 atom stereocenters. The summed E-state index contributed by atoms with van der Waals surface area (Å²) in [4.78, 5) is 36.1. The molecule has 5 rings (SSSR count). The van der Waals surface area contributed by atoms with Gasteiger partial charge in [-0.15, -0.1) is 0 Å². The SMILES string of the molecule is Cc1[nH]c2ccccc2c1CCN1C(=O)NC(=O)C2C1=NC(c1ccc(F)cc1)=NC2(C(F)(F)F)C(F)(F)F. The lowest BCUT2D eigenvalue weighted by molar-refractivity contribution is -0.302. The van der Waals surface area contributed by atoms with Gasteiger partial charge >= 0.3 is 18.4 Å². The first-order valence-corrected chi connectivity index (χ1v) is 11.5. The number of nitrogens with zero attached hydrogens (tertiary/aromatic N) is 3. The van der Waals surface area contributed by atoms with Gasteiger partial charge < -0.3 is 4.98 Å². The number of H-pyrrole nitrogens is 1. The molecule has 1 saturated heterocycles. The van der Waals surface area contributed by atoms with Gasteiger partial charge in [-0.25, -0.2) is 19.2 Å². The average Bonchev–Trinajstić information content (AvgIpc) is 3.17. The molecule has 204 valence electrons. The quantitative estimate of drug-likeness (QED) is 0.443. The molecular weight excluding hydrogens is 535 g/mol. The van der Waals surface area contributed by atoms with E-state index in [2.05, 4.69) is 15.0 Å². The number of halogens is 7. The largest absolute Gasteiger partial charge is 0.423 e. The van der Waals surface area contributed by atoms with E-state index < -0.39 is 59.8 Å². The number of para-hydroxylation sites is 1. The van der Waals surface area contributed by atoms with E-state index in [-0.39, 0.29) is 12.0 Å². The molecule has 3 amide bonds. The number of aromatic nitrogens is 1. The Labute approximate surface area is 215 Å². The maximum Gasteiger partial charge on any atom is 0.423 e. The molecule has 1 unspecified atom stereocenters. The number of amides is 3. The molecule has 0 spiro atoms. The summed E-state index contributed by atoms with van der Waals surface area (Å²) in [5.74, 6) is -7.78. The van der Waals surface area contributed by atoms with Crippen LogP contribution in [-0.2, 0) is 11.2 Å². The van der Waals surface area contributed by atoms with Crippen LogP contribution in [0.25, 0.3) is 10.9 Å². The first kappa shape index (κ1) is 26.4. The summed E-state index contributed by atoms with van der Waals surface area (Å²) in [5.41, 5.74) is -3.23. The second-order valence-electron chi connectivity index (χ2n) is 9.08. The minimum Gasteiger partial charge on any atom is -0.358 e. The molecule has 0 aliphatic carbocycles. The van der Waals surface area contributed by atoms with Crippen molar-refractivity contribution in [2.24, 2.45) is 15.9 Å². The van der Waals surface area contributed by atoms with Crippen molar-refractivity contribution in [3.8, 4) is 0 Å². The molecule has 2 aliphatic heterocycles. The van der Waals surface area contributed by atoms with Crippen molar-refractivity contribution >= 4 is 34.5 Å². The Bertz CT molecular complexity index is 1520. The van der Waals surface area contributed by atoms with Gasteiger partial charge in [-0.1, -0.05) is 18.2 Å². The maximum atomic E-state index is 14.4. The summed E-state index contributed by atoms with van der Waals surface area (Å²) in [6, 6.07) is 9.27. The van der Waals surface area contributed by atoms with Crippen molar-refractivity contribution < 1.29 is 40.3 Å². The second-order valence-corrected chi connectivity index (χ2v) is 9.08. The van der Waals surface area contributed by atoms with E-state index in [1.165, 1.54) is 0 Å². The van der Waals surface area contributed by atoms with Gasteiger partial charge in [0.2, 0.25) is 5.91 Å². The van der Waals surface area contributed by atoms with E-state index in [9.17, 15) is 40.3 Å². The van der Waals surface area contributed by atoms with Gasteiger partial charge in [0, 0.05) is 28.7 Å². The summed E-state index contributed by atoms with van der Waals surface area (Å²) < 4.78 is 100.0. The minimum atomic E-state index is -6.13. The van der Waals surface area contributed by atoms with E-state index >= 15 is 0 Å². The number of hydrogen-bond donors (Lipinski definition) is 2. The maximum absolute atomic E-state index is 14.4. The van der Waals surface area contributed by atoms with Crippen LogP contribution in [0, 0.1) is 18.7 Å². The molecule has 3 aromatic rings. The Hall–Kier alpha value is -4.23. The number of carbonyl (C=O) groups excluding carboxylic acids is 2. The van der Waals surface area contributed by atoms with E-state index in [4.69, 9.17) is 0 Å². The number of carbonyl (C=O) groups is 2. The van der Waals surface area contributed by atoms with Gasteiger partial charge in [0.1, 0.15) is 17.6 Å². The van der Waals surface area contributed by atoms with Crippen LogP contribution >= 0.6 is 0 Å². The summed E-state index contributed by atoms with van der Waals surface area (Å²) in [7, 11) is 0. The number of alkyl halides is 6. The van der Waals surface area contributed by atoms with Gasteiger partial charge in [0.25, 0.3) is 5.54 Å². The van der Waals surface area contributed by atoms with Crippen LogP contribution in [0.1, 0.15) is 16.8 Å². The zero-order chi connectivity index (χ0) is 28.3. The monoisotopic (exact) mass is 553 g/mol. The van der Waals surface area contributed by atoms with Crippen molar-refractivity contribution in [1.82, 2.24) is 15.2 Å². The molecule has 14 heteroatoms. The highest BCUT2D eigenvalue weighted by Gasteiger charge is 2.79. The zero-order valence-corrected chi connectivity index (χ0v) is 19.9. The van der Waals surface area contributed by atoms with E-state index in [1.807, 2.05) is 0 Å². The van der Waals surface area contributed by atoms with Crippen LogP contribution in [0.15, 0.2) is 58.5 Å². The first-order valence-electron chi connectivity index (χ1n) is 11.5. The Kier molecular flexibility index (Phi) is 6.03. The summed E-state index contributed by atoms with van der Waals surface area (Å²) in [5, 5.41) is 2.36. The van der Waals surface area contributed by atoms with Gasteiger partial charge in [0.05, 0.1) is 0 Å². The van der Waals surface area contributed by atoms with Gasteiger partial charge in [-0.2, -0.15) is 26.3 Å². The lowest BCUT2D eigenvalue weighted by atomic mass is 9.78. The third-order valence-corrected chi connectivity index (χ3v) is 6.77. The predicted octanol–water partition coefficient (Wildman–Crippen LogP) is 5.05. The van der Waals surface area contributed by atoms with Gasteiger partial charge in [0.15, 0.2) is 5.84 Å². The number of aryl methyl sites for hydroxylation is 1. The zero-order valence-electron chi connectivity index (χ0n) is 19.9. The molecule has 2 N–H and O–H groups in total. The number of urea groups is 1. The fourth-order valence-corrected chi connectivity index (χ4v) is 4.93. The number of benzene rings is 2. The van der Waals surface area contributed by atoms with Crippen LogP contribution in [0.4, 0.5) is 35.5 Å². The number of hydrogen-bond acceptors (Lipinski definition) is 4. The third-order valence-electron chi connectivity index (χ3n) is 6.77. The van der Waals surface area contributed by atoms with Crippen molar-refractivity contribution in [1.29, 1.82) is 0 Å². The molecule has 0 saturated carbocycles. The predicted molar refractivity (Wildman–Crippen MR) is 126 cm³/mol. The van der Waals surface area contributed by atoms with Crippen molar-refractivity contribution in [2.75, 3.05) is 6.54 Å². The third kappa shape index (κ3) is 4.14. The van der Waals surface area contributed by atoms with E-state index in [1.54, 1.807) is 36.5 Å². The van der Waals surface area contributed by atoms with Crippen LogP contribution < -0.4 is 5.32 Å². The van der Waals surface area contributed by atoms with Crippen molar-refractivity contribution in [3.63, 3.8) is 0 Å². The molecule has 2 aliphatic rings. The molecule has 3 heterocycles. The summed E-state index contributed by atoms with van der Waals surface area (Å²) in [6.45, 7) is 1.33. The fourth-order valence-electron chi connectivity index (χ4n) is 4.93. The highest BCUT2D eigenvalue weighted by atomic mass is 19.4. The Balaban J connectivity index is 1.66. The summed E-state index contributed by atoms with van der Waals surface area (Å²) >= 11 is 0.